The van der Waals surface area contributed by atoms with Crippen molar-refractivity contribution in [1.29, 1.82) is 0 Å². The van der Waals surface area contributed by atoms with Gasteiger partial charge >= 0.3 is 0 Å². The number of benzene rings is 4. The maximum Gasteiger partial charge on any atom is 0.295 e. The molecule has 2 aliphatic heterocycles. The van der Waals surface area contributed by atoms with Crippen LogP contribution in [0.15, 0.2) is 119 Å². The highest BCUT2D eigenvalue weighted by atomic mass is 32.2. The van der Waals surface area contributed by atoms with Crippen LogP contribution < -0.4 is 4.90 Å². The van der Waals surface area contributed by atoms with Gasteiger partial charge in [0, 0.05) is 59.3 Å². The van der Waals surface area contributed by atoms with Crippen LogP contribution in [0, 0.1) is 0 Å². The lowest BCUT2D eigenvalue weighted by Gasteiger charge is -2.27. The van der Waals surface area contributed by atoms with E-state index in [9.17, 15) is 43.7 Å². The molecular weight excluding hydrogens is 837 g/mol. The van der Waals surface area contributed by atoms with Gasteiger partial charge < -0.3 is 9.69 Å². The molecule has 2 heterocycles. The minimum Gasteiger partial charge on any atom is -0.344 e. The average Bonchev–Trinajstić information content (AvgIpc) is 3.52. The Balaban J connectivity index is 1.33. The maximum absolute atomic E-state index is 12.5. The first-order valence-corrected chi connectivity index (χ1v) is 24.7. The van der Waals surface area contributed by atoms with Gasteiger partial charge in [-0.1, -0.05) is 81.0 Å². The molecule has 0 saturated carbocycles. The van der Waals surface area contributed by atoms with Gasteiger partial charge in [-0.2, -0.15) is 29.8 Å². The van der Waals surface area contributed by atoms with Crippen LogP contribution in [0.1, 0.15) is 84.3 Å². The van der Waals surface area contributed by atoms with Crippen LogP contribution >= 0.6 is 0 Å². The Hall–Kier alpha value is -4.77. The van der Waals surface area contributed by atoms with Crippen molar-refractivity contribution in [2.45, 2.75) is 93.8 Å². The highest BCUT2D eigenvalue weighted by Gasteiger charge is 2.46. The largest absolute Gasteiger partial charge is 0.344 e. The molecular formula is C46H53N2O10S3+. The van der Waals surface area contributed by atoms with Gasteiger partial charge in [-0.15, -0.1) is 0 Å². The highest BCUT2D eigenvalue weighted by Crippen LogP contribution is 2.51. The number of allylic oxidation sites excluding steroid dienone is 8. The second kappa shape index (κ2) is 17.5. The number of nitrogens with zero attached hydrogens (tertiary/aromatic N) is 2. The highest BCUT2D eigenvalue weighted by molar-refractivity contribution is 7.87. The zero-order valence-corrected chi connectivity index (χ0v) is 37.4. The lowest BCUT2D eigenvalue weighted by molar-refractivity contribution is -0.438. The molecule has 0 bridgehead atoms. The van der Waals surface area contributed by atoms with E-state index in [0.29, 0.717) is 30.6 Å². The number of Topliss-reactive ketones (excluding diaryl/α,β-unsaturated/α-hetero) is 1. The first-order valence-electron chi connectivity index (χ1n) is 20.2. The van der Waals surface area contributed by atoms with Gasteiger partial charge in [-0.3, -0.25) is 13.7 Å². The van der Waals surface area contributed by atoms with Gasteiger partial charge in [0.25, 0.3) is 30.4 Å². The average molecular weight is 890 g/mol. The first kappa shape index (κ1) is 45.7. The summed E-state index contributed by atoms with van der Waals surface area (Å²) in [5, 5.41) is 2.66. The second-order valence-electron chi connectivity index (χ2n) is 16.7. The smallest absolute Gasteiger partial charge is 0.295 e. The molecule has 6 rings (SSSR count). The Labute approximate surface area is 358 Å². The summed E-state index contributed by atoms with van der Waals surface area (Å²) in [4.78, 5) is 12.6. The third kappa shape index (κ3) is 9.82. The summed E-state index contributed by atoms with van der Waals surface area (Å²) in [5.41, 5.74) is 4.33. The molecule has 0 amide bonds. The molecule has 12 nitrogen and oxygen atoms in total. The predicted molar refractivity (Wildman–Crippen MR) is 241 cm³/mol. The number of ketones is 1. The monoisotopic (exact) mass is 889 g/mol. The van der Waals surface area contributed by atoms with Gasteiger partial charge in [0.1, 0.15) is 17.2 Å². The molecule has 0 spiro atoms. The lowest BCUT2D eigenvalue weighted by Crippen LogP contribution is -2.28. The zero-order valence-electron chi connectivity index (χ0n) is 35.0. The Bertz CT molecular complexity index is 2900. The van der Waals surface area contributed by atoms with E-state index < -0.39 is 51.3 Å². The van der Waals surface area contributed by atoms with Gasteiger partial charge in [0.15, 0.2) is 5.71 Å². The van der Waals surface area contributed by atoms with Gasteiger partial charge in [0.05, 0.1) is 16.1 Å². The van der Waals surface area contributed by atoms with Crippen molar-refractivity contribution in [3.8, 4) is 0 Å². The Morgan fingerprint density at radius 1 is 0.705 bits per heavy atom. The van der Waals surface area contributed by atoms with Crippen LogP contribution in [0.3, 0.4) is 0 Å². The maximum atomic E-state index is 12.5. The van der Waals surface area contributed by atoms with E-state index >= 15 is 0 Å². The molecule has 0 fully saturated rings. The topological polar surface area (TPSA) is 186 Å². The Kier molecular flexibility index (Phi) is 13.2. The fourth-order valence-corrected chi connectivity index (χ4v) is 10.8. The number of hydrogen-bond acceptors (Lipinski definition) is 8. The number of anilines is 1. The number of hydrogen-bond donors (Lipinski definition) is 3. The molecule has 4 aromatic rings. The number of unbranched alkanes of at least 4 members (excludes halogenated alkanes) is 3. The van der Waals surface area contributed by atoms with E-state index in [0.717, 1.165) is 43.3 Å². The molecule has 0 aliphatic carbocycles. The Morgan fingerprint density at radius 2 is 1.41 bits per heavy atom. The molecule has 2 aliphatic rings. The normalized spacial score (nSPS) is 17.2. The third-order valence-electron chi connectivity index (χ3n) is 11.6. The fourth-order valence-electron chi connectivity index (χ4n) is 8.88. The van der Waals surface area contributed by atoms with Crippen LogP contribution in [0.4, 0.5) is 11.4 Å². The summed E-state index contributed by atoms with van der Waals surface area (Å²) >= 11 is 0. The minimum absolute atomic E-state index is 0.0608. The lowest BCUT2D eigenvalue weighted by atomic mass is 9.79. The van der Waals surface area contributed by atoms with Crippen molar-refractivity contribution < 1.29 is 48.3 Å². The number of fused-ring (bicyclic) bond motifs is 6. The Morgan fingerprint density at radius 3 is 2.10 bits per heavy atom. The fraction of sp³-hybridized carbons (Fsp3) is 0.348. The van der Waals surface area contributed by atoms with E-state index in [-0.39, 0.29) is 28.4 Å². The van der Waals surface area contributed by atoms with Crippen molar-refractivity contribution in [1.82, 2.24) is 0 Å². The number of rotatable bonds is 17. The van der Waals surface area contributed by atoms with E-state index in [2.05, 4.69) is 55.2 Å². The van der Waals surface area contributed by atoms with Gasteiger partial charge in [-0.05, 0) is 92.1 Å². The van der Waals surface area contributed by atoms with Crippen molar-refractivity contribution in [3.63, 3.8) is 0 Å². The standard InChI is InChI=1S/C46H52N2O10S3/c1-32(49)18-10-9-15-27-47-38-25-23-33-19-13-14-20-35(33)43(38)45(2,3)41(47)21-11-7-6-8-12-22-42-46(4,5)44-37-30-34(60(53,54)55)31-40(61(56,57)58)36(37)24-26-39(44)48(42)28-16-17-29-59(50,51)52/h6-8,11-14,19-26,30-31H,9-10,15-18,27-29H2,1-5H3,(H2-,50,51,52,53,54,55,56,57,58)/p+1. The molecule has 61 heavy (non-hydrogen) atoms. The van der Waals surface area contributed by atoms with Crippen LogP contribution in [-0.2, 0) is 46.0 Å². The van der Waals surface area contributed by atoms with Crippen molar-refractivity contribution >= 4 is 74.8 Å². The van der Waals surface area contributed by atoms with E-state index in [1.807, 2.05) is 60.9 Å². The first-order chi connectivity index (χ1) is 28.5. The molecule has 324 valence electrons. The molecule has 0 radical (unpaired) electrons. The molecule has 15 heteroatoms. The van der Waals surface area contributed by atoms with Gasteiger partial charge in [0.2, 0.25) is 5.69 Å². The van der Waals surface area contributed by atoms with Crippen molar-refractivity contribution in [2.75, 3.05) is 23.7 Å². The molecule has 3 N–H and O–H groups in total. The van der Waals surface area contributed by atoms with Crippen molar-refractivity contribution in [3.05, 3.63) is 120 Å². The SMILES string of the molecule is CC(=O)CCCCCN1\C(=C/C=C/C=C/C=C/C2=[N+](CCCCS(=O)(=O)O)c3ccc4c(S(=O)(=O)O)cc(S(=O)(=O)O)cc4c3C2(C)C)C(C)(C)c2c1ccc1ccccc21. The summed E-state index contributed by atoms with van der Waals surface area (Å²) in [6, 6.07) is 17.8. The second-order valence-corrected chi connectivity index (χ2v) is 21.1. The van der Waals surface area contributed by atoms with Crippen LogP contribution in [0.5, 0.6) is 0 Å². The summed E-state index contributed by atoms with van der Waals surface area (Å²) in [6.45, 7) is 11.0. The molecule has 0 unspecified atom stereocenters. The number of carbonyl (C=O) groups is 1. The molecule has 0 saturated heterocycles. The molecule has 4 aromatic carbocycles. The zero-order chi connectivity index (χ0) is 44.5. The predicted octanol–water partition coefficient (Wildman–Crippen LogP) is 9.03. The van der Waals surface area contributed by atoms with Crippen LogP contribution in [0.2, 0.25) is 0 Å². The number of carbonyl (C=O) groups excluding carboxylic acids is 1. The summed E-state index contributed by atoms with van der Waals surface area (Å²) in [7, 11) is -14.0. The quantitative estimate of drug-likeness (QED) is 0.0398. The van der Waals surface area contributed by atoms with E-state index in [1.165, 1.54) is 34.2 Å². The summed E-state index contributed by atoms with van der Waals surface area (Å²) in [5.74, 6) is -0.226. The summed E-state index contributed by atoms with van der Waals surface area (Å²) in [6.07, 6.45) is 17.4. The van der Waals surface area contributed by atoms with Gasteiger partial charge in [-0.25, -0.2) is 0 Å². The molecule has 0 aromatic heterocycles. The molecule has 0 atom stereocenters. The van der Waals surface area contributed by atoms with E-state index in [4.69, 9.17) is 0 Å². The van der Waals surface area contributed by atoms with Crippen LogP contribution in [-0.4, -0.2) is 73.8 Å². The van der Waals surface area contributed by atoms with Crippen LogP contribution in [0.25, 0.3) is 21.5 Å². The third-order valence-corrected chi connectivity index (χ3v) is 14.2. The van der Waals surface area contributed by atoms with E-state index in [1.54, 1.807) is 13.0 Å². The van der Waals surface area contributed by atoms with Crippen molar-refractivity contribution in [2.24, 2.45) is 0 Å². The summed E-state index contributed by atoms with van der Waals surface area (Å²) < 4.78 is 104. The minimum atomic E-state index is -4.92.